The van der Waals surface area contributed by atoms with E-state index in [1.807, 2.05) is 51.1 Å². The van der Waals surface area contributed by atoms with Crippen LogP contribution in [0.15, 0.2) is 30.3 Å². The lowest BCUT2D eigenvalue weighted by Gasteiger charge is -2.63. The maximum absolute atomic E-state index is 13.6. The average Bonchev–Trinajstić information content (AvgIpc) is 2.91. The van der Waals surface area contributed by atoms with Crippen molar-refractivity contribution in [3.05, 3.63) is 35.9 Å². The van der Waals surface area contributed by atoms with Crippen molar-refractivity contribution in [3.63, 3.8) is 0 Å². The molecular weight excluding hydrogens is 512 g/mol. The van der Waals surface area contributed by atoms with Crippen LogP contribution in [0.25, 0.3) is 0 Å². The molecule has 10 atom stereocenters. The van der Waals surface area contributed by atoms with E-state index in [0.717, 1.165) is 5.56 Å². The van der Waals surface area contributed by atoms with Crippen molar-refractivity contribution >= 4 is 17.5 Å². The average molecular weight is 559 g/mol. The summed E-state index contributed by atoms with van der Waals surface area (Å²) < 4.78 is 11.7. The van der Waals surface area contributed by atoms with E-state index in [1.54, 1.807) is 13.8 Å². The topological polar surface area (TPSA) is 130 Å². The summed E-state index contributed by atoms with van der Waals surface area (Å²) in [5, 5.41) is 34.0. The van der Waals surface area contributed by atoms with Crippen molar-refractivity contribution in [3.8, 4) is 0 Å². The van der Waals surface area contributed by atoms with E-state index in [4.69, 9.17) is 9.47 Å². The highest BCUT2D eigenvalue weighted by molar-refractivity contribution is 6.38. The molecular formula is C32H46O8. The summed E-state index contributed by atoms with van der Waals surface area (Å²) >= 11 is 0. The number of hydrogen-bond donors (Lipinski definition) is 3. The molecule has 222 valence electrons. The van der Waals surface area contributed by atoms with Crippen LogP contribution in [0, 0.1) is 34.5 Å². The first kappa shape index (κ1) is 30.8. The van der Waals surface area contributed by atoms with Crippen LogP contribution in [-0.4, -0.2) is 69.5 Å². The van der Waals surface area contributed by atoms with Crippen molar-refractivity contribution in [1.29, 1.82) is 0 Å². The summed E-state index contributed by atoms with van der Waals surface area (Å²) in [7, 11) is 0. The number of aliphatic hydroxyl groups excluding tert-OH is 2. The molecule has 40 heavy (non-hydrogen) atoms. The molecule has 2 aliphatic carbocycles. The third kappa shape index (κ3) is 5.17. The predicted octanol–water partition coefficient (Wildman–Crippen LogP) is 3.28. The van der Waals surface area contributed by atoms with Crippen molar-refractivity contribution in [2.24, 2.45) is 34.5 Å². The SMILES string of the molecule is CCC(=O)C(=O)C1C(C)C(OC(=O)C(O)Cc2ccccc2)CC(O)(C(C)C2CC(O)CC3OCC32C)C1(C)C. The van der Waals surface area contributed by atoms with Crippen LogP contribution in [0.1, 0.15) is 72.8 Å². The molecule has 1 aromatic carbocycles. The number of ether oxygens (including phenoxy) is 2. The van der Waals surface area contributed by atoms with Gasteiger partial charge in [-0.25, -0.2) is 4.79 Å². The van der Waals surface area contributed by atoms with Crippen LogP contribution in [0.5, 0.6) is 0 Å². The van der Waals surface area contributed by atoms with Crippen LogP contribution >= 0.6 is 0 Å². The third-order valence-electron chi connectivity index (χ3n) is 10.8. The Balaban J connectivity index is 1.67. The van der Waals surface area contributed by atoms with E-state index in [-0.39, 0.29) is 36.7 Å². The molecule has 1 heterocycles. The first-order chi connectivity index (χ1) is 18.7. The second-order valence-corrected chi connectivity index (χ2v) is 13.3. The fourth-order valence-electron chi connectivity index (χ4n) is 8.04. The minimum Gasteiger partial charge on any atom is -0.460 e. The normalized spacial score (nSPS) is 38.3. The number of esters is 1. The van der Waals surface area contributed by atoms with Gasteiger partial charge in [0.15, 0.2) is 11.9 Å². The summed E-state index contributed by atoms with van der Waals surface area (Å²) in [5.41, 5.74) is -2.03. The van der Waals surface area contributed by atoms with Crippen LogP contribution < -0.4 is 0 Å². The van der Waals surface area contributed by atoms with E-state index in [9.17, 15) is 29.7 Å². The highest BCUT2D eigenvalue weighted by atomic mass is 16.6. The van der Waals surface area contributed by atoms with Gasteiger partial charge in [-0.3, -0.25) is 9.59 Å². The molecule has 3 aliphatic rings. The van der Waals surface area contributed by atoms with Gasteiger partial charge < -0.3 is 24.8 Å². The zero-order valence-electron chi connectivity index (χ0n) is 24.6. The lowest BCUT2D eigenvalue weighted by Crippen LogP contribution is -2.69. The van der Waals surface area contributed by atoms with Gasteiger partial charge in [0.1, 0.15) is 6.10 Å². The zero-order valence-corrected chi connectivity index (χ0v) is 24.6. The second-order valence-electron chi connectivity index (χ2n) is 13.3. The molecule has 0 radical (unpaired) electrons. The Morgan fingerprint density at radius 2 is 1.77 bits per heavy atom. The molecule has 8 heteroatoms. The standard InChI is InChI=1S/C32H46O8/c1-7-23(34)28(36)27-18(2)25(40-29(37)24(35)13-20-11-9-8-10-12-20)16-32(38,30(27,4)5)19(3)22-14-21(33)15-26-31(22,6)17-39-26/h8-12,18-19,21-22,24-27,33,35,38H,7,13-17H2,1-6H3. The van der Waals surface area contributed by atoms with Crippen LogP contribution in [0.4, 0.5) is 0 Å². The fourth-order valence-corrected chi connectivity index (χ4v) is 8.04. The molecule has 2 saturated carbocycles. The number of fused-ring (bicyclic) bond motifs is 1. The van der Waals surface area contributed by atoms with E-state index in [2.05, 4.69) is 6.92 Å². The summed E-state index contributed by atoms with van der Waals surface area (Å²) in [6.45, 7) is 11.6. The summed E-state index contributed by atoms with van der Waals surface area (Å²) in [5.74, 6) is -3.92. The largest absolute Gasteiger partial charge is 0.460 e. The number of Topliss-reactive ketones (excluding diaryl/α,β-unsaturated/α-hetero) is 2. The van der Waals surface area contributed by atoms with Crippen molar-refractivity contribution in [1.82, 2.24) is 0 Å². The van der Waals surface area contributed by atoms with Crippen LogP contribution in [-0.2, 0) is 30.3 Å². The molecule has 1 aromatic rings. The summed E-state index contributed by atoms with van der Waals surface area (Å²) in [6.07, 6.45) is -1.80. The molecule has 3 N–H and O–H groups in total. The van der Waals surface area contributed by atoms with Gasteiger partial charge in [-0.15, -0.1) is 0 Å². The molecule has 1 aliphatic heterocycles. The van der Waals surface area contributed by atoms with Crippen molar-refractivity contribution in [2.45, 2.75) is 104 Å². The van der Waals surface area contributed by atoms with Crippen molar-refractivity contribution in [2.75, 3.05) is 6.61 Å². The first-order valence-electron chi connectivity index (χ1n) is 14.7. The number of ketones is 2. The molecule has 8 nitrogen and oxygen atoms in total. The van der Waals surface area contributed by atoms with Crippen LogP contribution in [0.2, 0.25) is 0 Å². The molecule has 4 rings (SSSR count). The number of rotatable bonds is 9. The maximum Gasteiger partial charge on any atom is 0.335 e. The number of carbonyl (C=O) groups excluding carboxylic acids is 3. The van der Waals surface area contributed by atoms with Gasteiger partial charge in [-0.05, 0) is 23.8 Å². The Kier molecular flexibility index (Phi) is 8.69. The minimum absolute atomic E-state index is 0.0399. The van der Waals surface area contributed by atoms with E-state index in [1.165, 1.54) is 0 Å². The molecule has 1 saturated heterocycles. The van der Waals surface area contributed by atoms with Gasteiger partial charge in [0.25, 0.3) is 0 Å². The smallest absolute Gasteiger partial charge is 0.335 e. The number of aliphatic hydroxyl groups is 3. The van der Waals surface area contributed by atoms with E-state index >= 15 is 0 Å². The monoisotopic (exact) mass is 558 g/mol. The van der Waals surface area contributed by atoms with E-state index in [0.29, 0.717) is 19.4 Å². The van der Waals surface area contributed by atoms with Gasteiger partial charge >= 0.3 is 5.97 Å². The number of benzene rings is 1. The summed E-state index contributed by atoms with van der Waals surface area (Å²) in [4.78, 5) is 39.4. The first-order valence-corrected chi connectivity index (χ1v) is 14.7. The Hall–Kier alpha value is -2.13. The second kappa shape index (κ2) is 11.3. The highest BCUT2D eigenvalue weighted by Gasteiger charge is 2.66. The predicted molar refractivity (Wildman–Crippen MR) is 148 cm³/mol. The number of hydrogen-bond acceptors (Lipinski definition) is 8. The molecule has 0 spiro atoms. The lowest BCUT2D eigenvalue weighted by molar-refractivity contribution is -0.278. The summed E-state index contributed by atoms with van der Waals surface area (Å²) in [6, 6.07) is 9.11. The molecule has 0 aromatic heterocycles. The van der Waals surface area contributed by atoms with Gasteiger partial charge in [-0.1, -0.05) is 71.9 Å². The molecule has 10 unspecified atom stereocenters. The van der Waals surface area contributed by atoms with Crippen LogP contribution in [0.3, 0.4) is 0 Å². The Labute approximate surface area is 237 Å². The minimum atomic E-state index is -1.52. The van der Waals surface area contributed by atoms with Crippen molar-refractivity contribution < 1.29 is 39.2 Å². The molecule has 0 bridgehead atoms. The number of carbonyl (C=O) groups is 3. The van der Waals surface area contributed by atoms with Gasteiger partial charge in [0, 0.05) is 48.3 Å². The zero-order chi connectivity index (χ0) is 29.6. The van der Waals surface area contributed by atoms with Gasteiger partial charge in [-0.2, -0.15) is 0 Å². The Morgan fingerprint density at radius 3 is 2.35 bits per heavy atom. The fraction of sp³-hybridized carbons (Fsp3) is 0.719. The van der Waals surface area contributed by atoms with Gasteiger partial charge in [0.05, 0.1) is 24.4 Å². The molecule has 0 amide bonds. The van der Waals surface area contributed by atoms with Gasteiger partial charge in [0.2, 0.25) is 5.78 Å². The van der Waals surface area contributed by atoms with E-state index < -0.39 is 64.6 Å². The third-order valence-corrected chi connectivity index (χ3v) is 10.8. The maximum atomic E-state index is 13.6. The molecule has 3 fully saturated rings. The lowest BCUT2D eigenvalue weighted by atomic mass is 9.46. The highest BCUT2D eigenvalue weighted by Crippen LogP contribution is 2.61. The Morgan fingerprint density at radius 1 is 1.12 bits per heavy atom. The quantitative estimate of drug-likeness (QED) is 0.311. The Bertz CT molecular complexity index is 1100.